The number of amides is 3. The summed E-state index contributed by atoms with van der Waals surface area (Å²) in [6.07, 6.45) is 2.60. The van der Waals surface area contributed by atoms with Crippen LogP contribution in [-0.2, 0) is 11.2 Å². The molecule has 1 aromatic rings. The van der Waals surface area contributed by atoms with Crippen molar-refractivity contribution in [3.63, 3.8) is 0 Å². The van der Waals surface area contributed by atoms with Crippen molar-refractivity contribution in [2.45, 2.75) is 39.2 Å². The number of likely N-dealkylation sites (tertiary alicyclic amines) is 1. The van der Waals surface area contributed by atoms with Crippen LogP contribution in [0.25, 0.3) is 0 Å². The van der Waals surface area contributed by atoms with E-state index in [1.807, 2.05) is 12.3 Å². The summed E-state index contributed by atoms with van der Waals surface area (Å²) >= 11 is 1.62. The molecule has 1 saturated heterocycles. The molecule has 0 saturated carbocycles. The van der Waals surface area contributed by atoms with Gasteiger partial charge in [-0.2, -0.15) is 0 Å². The van der Waals surface area contributed by atoms with Gasteiger partial charge in [0.2, 0.25) is 5.91 Å². The fraction of sp³-hybridized carbons (Fsp3) is 0.643. The first-order chi connectivity index (χ1) is 10.0. The van der Waals surface area contributed by atoms with E-state index in [9.17, 15) is 9.59 Å². The molecule has 3 amide bonds. The summed E-state index contributed by atoms with van der Waals surface area (Å²) in [6.45, 7) is 5.40. The first-order valence-electron chi connectivity index (χ1n) is 7.25. The monoisotopic (exact) mass is 310 g/mol. The van der Waals surface area contributed by atoms with Gasteiger partial charge in [0, 0.05) is 44.4 Å². The molecule has 0 aromatic carbocycles. The molecular weight excluding hydrogens is 288 g/mol. The van der Waals surface area contributed by atoms with Gasteiger partial charge in [-0.3, -0.25) is 4.79 Å². The molecule has 21 heavy (non-hydrogen) atoms. The van der Waals surface area contributed by atoms with Crippen molar-refractivity contribution in [1.29, 1.82) is 0 Å². The van der Waals surface area contributed by atoms with Gasteiger partial charge in [0.25, 0.3) is 0 Å². The standard InChI is InChI=1S/C14H22N4O2S/c1-10(19)16-12-4-3-7-18(8-12)14(20)15-6-5-13-9-21-11(2)17-13/h9,12H,3-8H2,1-2H3,(H,15,20)(H,16,19). The Bertz CT molecular complexity index is 503. The van der Waals surface area contributed by atoms with Crippen LogP contribution in [0.2, 0.25) is 0 Å². The fourth-order valence-corrected chi connectivity index (χ4v) is 3.15. The van der Waals surface area contributed by atoms with E-state index < -0.39 is 0 Å². The number of aromatic nitrogens is 1. The highest BCUT2D eigenvalue weighted by Gasteiger charge is 2.23. The number of carbonyl (C=O) groups excluding carboxylic acids is 2. The van der Waals surface area contributed by atoms with Crippen molar-refractivity contribution in [3.8, 4) is 0 Å². The molecule has 0 radical (unpaired) electrons. The maximum absolute atomic E-state index is 12.1. The highest BCUT2D eigenvalue weighted by molar-refractivity contribution is 7.09. The minimum atomic E-state index is -0.0583. The molecule has 1 aromatic heterocycles. The second-order valence-electron chi connectivity index (χ2n) is 5.33. The number of thiazole rings is 1. The molecule has 0 spiro atoms. The molecule has 116 valence electrons. The number of carbonyl (C=O) groups is 2. The van der Waals surface area contributed by atoms with Crippen molar-refractivity contribution in [3.05, 3.63) is 16.1 Å². The van der Waals surface area contributed by atoms with Gasteiger partial charge in [0.1, 0.15) is 0 Å². The van der Waals surface area contributed by atoms with Crippen LogP contribution in [0.1, 0.15) is 30.5 Å². The molecule has 2 N–H and O–H groups in total. The molecule has 6 nitrogen and oxygen atoms in total. The Morgan fingerprint density at radius 3 is 3.00 bits per heavy atom. The Morgan fingerprint density at radius 1 is 1.52 bits per heavy atom. The summed E-state index contributed by atoms with van der Waals surface area (Å²) < 4.78 is 0. The average Bonchev–Trinajstić information content (AvgIpc) is 2.84. The topological polar surface area (TPSA) is 74.3 Å². The van der Waals surface area contributed by atoms with Crippen LogP contribution in [0.5, 0.6) is 0 Å². The minimum absolute atomic E-state index is 0.0406. The summed E-state index contributed by atoms with van der Waals surface area (Å²) in [5, 5.41) is 8.87. The first-order valence-corrected chi connectivity index (χ1v) is 8.13. The van der Waals surface area contributed by atoms with Crippen LogP contribution < -0.4 is 10.6 Å². The van der Waals surface area contributed by atoms with Gasteiger partial charge in [-0.25, -0.2) is 9.78 Å². The van der Waals surface area contributed by atoms with E-state index in [1.165, 1.54) is 6.92 Å². The number of nitrogens with one attached hydrogen (secondary N) is 2. The molecule has 1 atom stereocenters. The van der Waals surface area contributed by atoms with Crippen LogP contribution in [-0.4, -0.2) is 47.5 Å². The summed E-state index contributed by atoms with van der Waals surface area (Å²) in [7, 11) is 0. The number of piperidine rings is 1. The molecular formula is C14H22N4O2S. The Kier molecular flexibility index (Phi) is 5.55. The zero-order chi connectivity index (χ0) is 15.2. The number of hydrogen-bond donors (Lipinski definition) is 2. The summed E-state index contributed by atoms with van der Waals surface area (Å²) in [4.78, 5) is 29.3. The molecule has 0 aliphatic carbocycles. The first kappa shape index (κ1) is 15.8. The smallest absolute Gasteiger partial charge is 0.317 e. The van der Waals surface area contributed by atoms with Gasteiger partial charge in [-0.1, -0.05) is 0 Å². The van der Waals surface area contributed by atoms with Crippen LogP contribution in [0.3, 0.4) is 0 Å². The maximum Gasteiger partial charge on any atom is 0.317 e. The van der Waals surface area contributed by atoms with E-state index >= 15 is 0 Å². The minimum Gasteiger partial charge on any atom is -0.352 e. The van der Waals surface area contributed by atoms with Crippen molar-refractivity contribution < 1.29 is 9.59 Å². The Morgan fingerprint density at radius 2 is 2.33 bits per heavy atom. The Labute approximate surface area is 128 Å². The zero-order valence-electron chi connectivity index (χ0n) is 12.5. The second kappa shape index (κ2) is 7.40. The molecule has 2 rings (SSSR count). The highest BCUT2D eigenvalue weighted by atomic mass is 32.1. The normalized spacial score (nSPS) is 18.4. The fourth-order valence-electron chi connectivity index (χ4n) is 2.50. The van der Waals surface area contributed by atoms with E-state index in [-0.39, 0.29) is 18.0 Å². The lowest BCUT2D eigenvalue weighted by Gasteiger charge is -2.33. The van der Waals surface area contributed by atoms with Crippen molar-refractivity contribution in [2.24, 2.45) is 0 Å². The Balaban J connectivity index is 1.73. The predicted octanol–water partition coefficient (Wildman–Crippen LogP) is 1.30. The molecule has 1 aliphatic heterocycles. The third-order valence-electron chi connectivity index (χ3n) is 3.44. The largest absolute Gasteiger partial charge is 0.352 e. The maximum atomic E-state index is 12.1. The van der Waals surface area contributed by atoms with Gasteiger partial charge >= 0.3 is 6.03 Å². The second-order valence-corrected chi connectivity index (χ2v) is 6.39. The van der Waals surface area contributed by atoms with Gasteiger partial charge < -0.3 is 15.5 Å². The average molecular weight is 310 g/mol. The van der Waals surface area contributed by atoms with Gasteiger partial charge in [-0.15, -0.1) is 11.3 Å². The lowest BCUT2D eigenvalue weighted by molar-refractivity contribution is -0.119. The van der Waals surface area contributed by atoms with Crippen LogP contribution >= 0.6 is 11.3 Å². The van der Waals surface area contributed by atoms with Gasteiger partial charge in [0.05, 0.1) is 10.7 Å². The summed E-state index contributed by atoms with van der Waals surface area (Å²) in [5.41, 5.74) is 1.02. The van der Waals surface area contributed by atoms with Gasteiger partial charge in [-0.05, 0) is 19.8 Å². The van der Waals surface area contributed by atoms with Crippen LogP contribution in [0.4, 0.5) is 4.79 Å². The predicted molar refractivity (Wildman–Crippen MR) is 82.4 cm³/mol. The van der Waals surface area contributed by atoms with Crippen LogP contribution in [0.15, 0.2) is 5.38 Å². The number of nitrogens with zero attached hydrogens (tertiary/aromatic N) is 2. The number of rotatable bonds is 4. The van der Waals surface area contributed by atoms with E-state index in [0.29, 0.717) is 13.1 Å². The molecule has 0 bridgehead atoms. The van der Waals surface area contributed by atoms with Crippen LogP contribution in [0, 0.1) is 6.92 Å². The lowest BCUT2D eigenvalue weighted by atomic mass is 10.1. The molecule has 2 heterocycles. The molecule has 1 aliphatic rings. The van der Waals surface area contributed by atoms with Crippen molar-refractivity contribution >= 4 is 23.3 Å². The third kappa shape index (κ3) is 5.00. The number of urea groups is 1. The molecule has 1 unspecified atom stereocenters. The highest BCUT2D eigenvalue weighted by Crippen LogP contribution is 2.11. The molecule has 1 fully saturated rings. The van der Waals surface area contributed by atoms with E-state index in [1.54, 1.807) is 16.2 Å². The molecule has 7 heteroatoms. The Hall–Kier alpha value is -1.63. The van der Waals surface area contributed by atoms with Crippen molar-refractivity contribution in [1.82, 2.24) is 20.5 Å². The quantitative estimate of drug-likeness (QED) is 0.880. The third-order valence-corrected chi connectivity index (χ3v) is 4.26. The lowest BCUT2D eigenvalue weighted by Crippen LogP contribution is -2.52. The SMILES string of the molecule is CC(=O)NC1CCCN(C(=O)NCCc2csc(C)n2)C1. The van der Waals surface area contributed by atoms with E-state index in [4.69, 9.17) is 0 Å². The van der Waals surface area contributed by atoms with E-state index in [2.05, 4.69) is 15.6 Å². The van der Waals surface area contributed by atoms with E-state index in [0.717, 1.165) is 36.5 Å². The zero-order valence-corrected chi connectivity index (χ0v) is 13.3. The van der Waals surface area contributed by atoms with Crippen molar-refractivity contribution in [2.75, 3.05) is 19.6 Å². The number of aryl methyl sites for hydroxylation is 1. The summed E-state index contributed by atoms with van der Waals surface area (Å²) in [6, 6.07) is 0.0141. The summed E-state index contributed by atoms with van der Waals surface area (Å²) in [5.74, 6) is -0.0406. The van der Waals surface area contributed by atoms with Gasteiger partial charge in [0.15, 0.2) is 0 Å². The number of hydrogen-bond acceptors (Lipinski definition) is 4.